The van der Waals surface area contributed by atoms with Crippen LogP contribution in [0.3, 0.4) is 0 Å². The summed E-state index contributed by atoms with van der Waals surface area (Å²) in [6.45, 7) is 1.36. The molecule has 0 spiro atoms. The van der Waals surface area contributed by atoms with Gasteiger partial charge in [0.15, 0.2) is 0 Å². The maximum Gasteiger partial charge on any atom is 0.308 e. The van der Waals surface area contributed by atoms with E-state index in [0.29, 0.717) is 11.3 Å². The quantitative estimate of drug-likeness (QED) is 0.523. The molecule has 3 aromatic rings. The predicted octanol–water partition coefficient (Wildman–Crippen LogP) is 4.13. The number of rotatable bonds is 2. The molecule has 0 aliphatic heterocycles. The van der Waals surface area contributed by atoms with E-state index in [4.69, 9.17) is 4.74 Å². The monoisotopic (exact) mass is 333 g/mol. The Morgan fingerprint density at radius 2 is 1.68 bits per heavy atom. The van der Waals surface area contributed by atoms with Crippen LogP contribution < -0.4 is 4.74 Å². The van der Waals surface area contributed by atoms with Crippen molar-refractivity contribution in [2.75, 3.05) is 0 Å². The Labute approximate surface area is 146 Å². The Morgan fingerprint density at radius 1 is 0.960 bits per heavy atom. The molecule has 2 aromatic carbocycles. The van der Waals surface area contributed by atoms with Crippen molar-refractivity contribution in [1.82, 2.24) is 4.57 Å². The van der Waals surface area contributed by atoms with Crippen LogP contribution in [0.4, 0.5) is 0 Å². The molecule has 0 unspecified atom stereocenters. The Hall–Kier alpha value is -2.88. The number of carbonyl (C=O) groups is 2. The fraction of sp³-hybridized carbons (Fsp3) is 0.238. The molecule has 25 heavy (non-hydrogen) atoms. The van der Waals surface area contributed by atoms with Crippen LogP contribution in [0, 0.1) is 0 Å². The molecule has 0 N–H and O–H groups in total. The number of fused-ring (bicyclic) bond motifs is 3. The summed E-state index contributed by atoms with van der Waals surface area (Å²) in [7, 11) is 0. The minimum absolute atomic E-state index is 0.0336. The zero-order valence-corrected chi connectivity index (χ0v) is 14.1. The molecule has 0 amide bonds. The highest BCUT2D eigenvalue weighted by Gasteiger charge is 2.23. The van der Waals surface area contributed by atoms with Gasteiger partial charge in [-0.25, -0.2) is 0 Å². The third kappa shape index (κ3) is 2.74. The second-order valence-corrected chi connectivity index (χ2v) is 6.41. The fourth-order valence-electron chi connectivity index (χ4n) is 3.69. The molecule has 0 saturated carbocycles. The van der Waals surface area contributed by atoms with Crippen LogP contribution in [0.1, 0.15) is 41.4 Å². The first kappa shape index (κ1) is 15.6. The van der Waals surface area contributed by atoms with Gasteiger partial charge < -0.3 is 4.74 Å². The predicted molar refractivity (Wildman–Crippen MR) is 96.1 cm³/mol. The molecule has 1 heterocycles. The highest BCUT2D eigenvalue weighted by atomic mass is 16.5. The summed E-state index contributed by atoms with van der Waals surface area (Å²) in [5.74, 6) is 0.0433. The Morgan fingerprint density at radius 3 is 2.44 bits per heavy atom. The number of carbonyl (C=O) groups excluding carboxylic acids is 2. The number of nitrogens with zero attached hydrogens (tertiary/aromatic N) is 1. The van der Waals surface area contributed by atoms with Gasteiger partial charge in [0.1, 0.15) is 5.75 Å². The van der Waals surface area contributed by atoms with Crippen LogP contribution in [0.5, 0.6) is 5.75 Å². The number of benzene rings is 2. The second kappa shape index (κ2) is 6.20. The van der Waals surface area contributed by atoms with Gasteiger partial charge >= 0.3 is 5.97 Å². The SMILES string of the molecule is CC(=O)Oc1ccc(C(=O)n2c3c(c4ccccc42)CCCC3)cc1. The summed E-state index contributed by atoms with van der Waals surface area (Å²) in [6, 6.07) is 14.9. The molecule has 1 aliphatic carbocycles. The van der Waals surface area contributed by atoms with Crippen LogP contribution >= 0.6 is 0 Å². The van der Waals surface area contributed by atoms with Gasteiger partial charge in [0.05, 0.1) is 5.52 Å². The van der Waals surface area contributed by atoms with Crippen molar-refractivity contribution < 1.29 is 14.3 Å². The summed E-state index contributed by atoms with van der Waals surface area (Å²) >= 11 is 0. The van der Waals surface area contributed by atoms with Crippen molar-refractivity contribution in [2.45, 2.75) is 32.6 Å². The number of para-hydroxylation sites is 1. The van der Waals surface area contributed by atoms with Crippen molar-refractivity contribution >= 4 is 22.8 Å². The maximum atomic E-state index is 13.2. The first-order valence-electron chi connectivity index (χ1n) is 8.59. The fourth-order valence-corrected chi connectivity index (χ4v) is 3.69. The first-order chi connectivity index (χ1) is 12.1. The number of aromatic nitrogens is 1. The van der Waals surface area contributed by atoms with Gasteiger partial charge in [-0.2, -0.15) is 0 Å². The van der Waals surface area contributed by atoms with Crippen LogP contribution in [-0.2, 0) is 17.6 Å². The van der Waals surface area contributed by atoms with Gasteiger partial charge in [-0.05, 0) is 61.6 Å². The summed E-state index contributed by atoms with van der Waals surface area (Å²) in [4.78, 5) is 24.2. The Bertz CT molecular complexity index is 967. The molecule has 0 radical (unpaired) electrons. The minimum atomic E-state index is -0.371. The van der Waals surface area contributed by atoms with E-state index >= 15 is 0 Å². The number of esters is 1. The van der Waals surface area contributed by atoms with Gasteiger partial charge in [0.2, 0.25) is 0 Å². The zero-order valence-electron chi connectivity index (χ0n) is 14.1. The van der Waals surface area contributed by atoms with Crippen molar-refractivity contribution in [3.8, 4) is 5.75 Å². The highest BCUT2D eigenvalue weighted by Crippen LogP contribution is 2.32. The second-order valence-electron chi connectivity index (χ2n) is 6.41. The average Bonchev–Trinajstić information content (AvgIpc) is 2.96. The molecule has 0 fully saturated rings. The maximum absolute atomic E-state index is 13.2. The average molecular weight is 333 g/mol. The van der Waals surface area contributed by atoms with Gasteiger partial charge in [0.25, 0.3) is 5.91 Å². The molecular weight excluding hydrogens is 314 g/mol. The molecule has 4 nitrogen and oxygen atoms in total. The van der Waals surface area contributed by atoms with Gasteiger partial charge in [-0.15, -0.1) is 0 Å². The molecule has 1 aliphatic rings. The summed E-state index contributed by atoms with van der Waals surface area (Å²) in [6.07, 6.45) is 4.25. The van der Waals surface area contributed by atoms with E-state index in [1.165, 1.54) is 24.3 Å². The van der Waals surface area contributed by atoms with Gasteiger partial charge in [-0.3, -0.25) is 14.2 Å². The highest BCUT2D eigenvalue weighted by molar-refractivity contribution is 6.04. The number of ether oxygens (including phenoxy) is 1. The number of hydrogen-bond donors (Lipinski definition) is 0. The Kier molecular flexibility index (Phi) is 3.88. The number of aryl methyl sites for hydroxylation is 1. The Balaban J connectivity index is 1.79. The lowest BCUT2D eigenvalue weighted by molar-refractivity contribution is -0.131. The molecule has 4 heteroatoms. The van der Waals surface area contributed by atoms with E-state index in [2.05, 4.69) is 6.07 Å². The molecule has 0 atom stereocenters. The van der Waals surface area contributed by atoms with Crippen LogP contribution in [-0.4, -0.2) is 16.4 Å². The third-order valence-electron chi connectivity index (χ3n) is 4.74. The normalized spacial score (nSPS) is 13.5. The summed E-state index contributed by atoms with van der Waals surface area (Å²) in [5.41, 5.74) is 4.02. The molecule has 126 valence electrons. The smallest absolute Gasteiger partial charge is 0.308 e. The van der Waals surface area contributed by atoms with E-state index in [1.807, 2.05) is 22.8 Å². The molecule has 0 saturated heterocycles. The van der Waals surface area contributed by atoms with E-state index in [9.17, 15) is 9.59 Å². The van der Waals surface area contributed by atoms with Crippen LogP contribution in [0.2, 0.25) is 0 Å². The topological polar surface area (TPSA) is 48.3 Å². The van der Waals surface area contributed by atoms with E-state index < -0.39 is 0 Å². The van der Waals surface area contributed by atoms with Crippen LogP contribution in [0.25, 0.3) is 10.9 Å². The van der Waals surface area contributed by atoms with Gasteiger partial charge in [0, 0.05) is 23.6 Å². The van der Waals surface area contributed by atoms with Crippen molar-refractivity contribution in [2.24, 2.45) is 0 Å². The van der Waals surface area contributed by atoms with Crippen LogP contribution in [0.15, 0.2) is 48.5 Å². The van der Waals surface area contributed by atoms with Crippen molar-refractivity contribution in [3.05, 3.63) is 65.4 Å². The number of hydrogen-bond acceptors (Lipinski definition) is 3. The van der Waals surface area contributed by atoms with Crippen molar-refractivity contribution in [3.63, 3.8) is 0 Å². The molecule has 0 bridgehead atoms. The van der Waals surface area contributed by atoms with E-state index in [0.717, 1.165) is 30.5 Å². The largest absolute Gasteiger partial charge is 0.427 e. The van der Waals surface area contributed by atoms with Crippen molar-refractivity contribution in [1.29, 1.82) is 0 Å². The lowest BCUT2D eigenvalue weighted by Gasteiger charge is -2.15. The molecule has 1 aromatic heterocycles. The summed E-state index contributed by atoms with van der Waals surface area (Å²) in [5, 5.41) is 1.18. The van der Waals surface area contributed by atoms with E-state index in [-0.39, 0.29) is 11.9 Å². The molecule has 4 rings (SSSR count). The third-order valence-corrected chi connectivity index (χ3v) is 4.74. The standard InChI is InChI=1S/C21H19NO3/c1-14(23)25-16-12-10-15(11-13-16)21(24)22-19-8-4-2-6-17(19)18-7-3-5-9-20(18)22/h2,4,6,8,10-13H,3,5,7,9H2,1H3. The minimum Gasteiger partial charge on any atom is -0.427 e. The first-order valence-corrected chi connectivity index (χ1v) is 8.59. The van der Waals surface area contributed by atoms with Gasteiger partial charge in [-0.1, -0.05) is 18.2 Å². The lowest BCUT2D eigenvalue weighted by Crippen LogP contribution is -2.17. The summed E-state index contributed by atoms with van der Waals surface area (Å²) < 4.78 is 6.91. The zero-order chi connectivity index (χ0) is 17.4. The molecular formula is C21H19NO3. The van der Waals surface area contributed by atoms with E-state index in [1.54, 1.807) is 24.3 Å². The lowest BCUT2D eigenvalue weighted by atomic mass is 9.95.